The molecule has 0 radical (unpaired) electrons. The van der Waals surface area contributed by atoms with Crippen LogP contribution in [-0.2, 0) is 6.42 Å². The van der Waals surface area contributed by atoms with Crippen molar-refractivity contribution >= 4 is 17.5 Å². The third kappa shape index (κ3) is 4.70. The fourth-order valence-electron chi connectivity index (χ4n) is 2.62. The fraction of sp³-hybridized carbons (Fsp3) is 0.200. The van der Waals surface area contributed by atoms with Gasteiger partial charge in [0.05, 0.1) is 12.8 Å². The van der Waals surface area contributed by atoms with Gasteiger partial charge in [0.15, 0.2) is 17.5 Å². The van der Waals surface area contributed by atoms with Crippen LogP contribution in [0.4, 0.5) is 30.6 Å². The first kappa shape index (κ1) is 19.5. The lowest BCUT2D eigenvalue weighted by molar-refractivity contribution is 0.414. The zero-order valence-electron chi connectivity index (χ0n) is 15.4. The maximum Gasteiger partial charge on any atom is 0.224 e. The Hall–Kier alpha value is -3.29. The van der Waals surface area contributed by atoms with Gasteiger partial charge in [0.2, 0.25) is 5.95 Å². The number of methoxy groups -OCH3 is 1. The molecule has 8 heteroatoms. The number of ether oxygens (including phenoxy) is 1. The number of aryl methyl sites for hydroxylation is 1. The first-order valence-electron chi connectivity index (χ1n) is 8.59. The fourth-order valence-corrected chi connectivity index (χ4v) is 2.62. The van der Waals surface area contributed by atoms with Crippen molar-refractivity contribution in [3.63, 3.8) is 0 Å². The lowest BCUT2D eigenvalue weighted by Gasteiger charge is -2.11. The van der Waals surface area contributed by atoms with Crippen LogP contribution in [0.1, 0.15) is 11.3 Å². The van der Waals surface area contributed by atoms with Crippen molar-refractivity contribution in [3.05, 3.63) is 71.2 Å². The number of benzene rings is 2. The number of rotatable bonds is 7. The number of anilines is 3. The summed E-state index contributed by atoms with van der Waals surface area (Å²) in [5.41, 5.74) is 1.51. The highest BCUT2D eigenvalue weighted by Crippen LogP contribution is 2.23. The summed E-state index contributed by atoms with van der Waals surface area (Å²) in [6.07, 6.45) is 0.717. The van der Waals surface area contributed by atoms with Gasteiger partial charge in [0.1, 0.15) is 11.6 Å². The number of halogens is 3. The number of hydrogen-bond acceptors (Lipinski definition) is 5. The Morgan fingerprint density at radius 2 is 1.82 bits per heavy atom. The van der Waals surface area contributed by atoms with E-state index in [0.29, 0.717) is 18.2 Å². The van der Waals surface area contributed by atoms with Gasteiger partial charge >= 0.3 is 0 Å². The molecule has 0 aliphatic carbocycles. The summed E-state index contributed by atoms with van der Waals surface area (Å²) in [5.74, 6) is -2.70. The standard InChI is InChI=1S/C20H19F3N4O/c1-12-10-17(26-16-7-6-15(21)18(22)19(16)23)27-20(25-12)24-9-8-13-4-3-5-14(11-13)28-2/h3-7,10-11H,8-9H2,1-2H3,(H2,24,25,26,27). The number of hydrogen-bond donors (Lipinski definition) is 2. The van der Waals surface area contributed by atoms with E-state index in [-0.39, 0.29) is 11.5 Å². The normalized spacial score (nSPS) is 10.6. The second-order valence-corrected chi connectivity index (χ2v) is 6.09. The average molecular weight is 388 g/mol. The predicted molar refractivity (Wildman–Crippen MR) is 102 cm³/mol. The Morgan fingerprint density at radius 3 is 2.61 bits per heavy atom. The van der Waals surface area contributed by atoms with Gasteiger partial charge in [-0.15, -0.1) is 0 Å². The van der Waals surface area contributed by atoms with Crippen molar-refractivity contribution in [2.24, 2.45) is 0 Å². The van der Waals surface area contributed by atoms with Crippen molar-refractivity contribution in [1.82, 2.24) is 9.97 Å². The lowest BCUT2D eigenvalue weighted by Crippen LogP contribution is -2.10. The molecular formula is C20H19F3N4O. The maximum atomic E-state index is 13.9. The van der Waals surface area contributed by atoms with E-state index in [0.717, 1.165) is 29.9 Å². The van der Waals surface area contributed by atoms with Crippen LogP contribution in [0.3, 0.4) is 0 Å². The van der Waals surface area contributed by atoms with Crippen LogP contribution in [-0.4, -0.2) is 23.6 Å². The average Bonchev–Trinajstić information content (AvgIpc) is 2.68. The lowest BCUT2D eigenvalue weighted by atomic mass is 10.1. The SMILES string of the molecule is COc1cccc(CCNc2nc(C)cc(Nc3ccc(F)c(F)c3F)n2)c1. The second-order valence-electron chi connectivity index (χ2n) is 6.09. The third-order valence-corrected chi connectivity index (χ3v) is 3.98. The molecule has 0 spiro atoms. The minimum Gasteiger partial charge on any atom is -0.497 e. The van der Waals surface area contributed by atoms with Crippen LogP contribution in [0.5, 0.6) is 5.75 Å². The van der Waals surface area contributed by atoms with Crippen LogP contribution in [0.25, 0.3) is 0 Å². The number of aromatic nitrogens is 2. The van der Waals surface area contributed by atoms with Gasteiger partial charge < -0.3 is 15.4 Å². The van der Waals surface area contributed by atoms with Gasteiger partial charge in [-0.1, -0.05) is 12.1 Å². The molecule has 1 heterocycles. The molecule has 0 unspecified atom stereocenters. The smallest absolute Gasteiger partial charge is 0.224 e. The first-order chi connectivity index (χ1) is 13.5. The molecule has 0 saturated heterocycles. The van der Waals surface area contributed by atoms with Crippen LogP contribution in [0.15, 0.2) is 42.5 Å². The molecule has 3 aromatic rings. The van der Waals surface area contributed by atoms with Gasteiger partial charge in [0, 0.05) is 18.3 Å². The third-order valence-electron chi connectivity index (χ3n) is 3.98. The van der Waals surface area contributed by atoms with E-state index in [1.165, 1.54) is 0 Å². The van der Waals surface area contributed by atoms with Crippen molar-refractivity contribution < 1.29 is 17.9 Å². The Balaban J connectivity index is 1.68. The van der Waals surface area contributed by atoms with Crippen molar-refractivity contribution in [2.45, 2.75) is 13.3 Å². The van der Waals surface area contributed by atoms with Gasteiger partial charge in [-0.2, -0.15) is 4.98 Å². The largest absolute Gasteiger partial charge is 0.497 e. The van der Waals surface area contributed by atoms with Crippen LogP contribution in [0.2, 0.25) is 0 Å². The Bertz CT molecular complexity index is 982. The van der Waals surface area contributed by atoms with E-state index >= 15 is 0 Å². The minimum atomic E-state index is -1.53. The molecule has 0 atom stereocenters. The highest BCUT2D eigenvalue weighted by molar-refractivity contribution is 5.58. The molecule has 146 valence electrons. The summed E-state index contributed by atoms with van der Waals surface area (Å²) in [6, 6.07) is 11.3. The Labute approximate surface area is 160 Å². The molecule has 0 aliphatic rings. The quantitative estimate of drug-likeness (QED) is 0.579. The maximum absolute atomic E-state index is 13.9. The van der Waals surface area contributed by atoms with Gasteiger partial charge in [-0.05, 0) is 43.2 Å². The highest BCUT2D eigenvalue weighted by Gasteiger charge is 2.14. The van der Waals surface area contributed by atoms with E-state index < -0.39 is 17.5 Å². The van der Waals surface area contributed by atoms with Crippen molar-refractivity contribution in [3.8, 4) is 5.75 Å². The van der Waals surface area contributed by atoms with E-state index in [4.69, 9.17) is 4.74 Å². The first-order valence-corrected chi connectivity index (χ1v) is 8.59. The summed E-state index contributed by atoms with van der Waals surface area (Å²) in [5, 5.41) is 5.76. The monoisotopic (exact) mass is 388 g/mol. The van der Waals surface area contributed by atoms with Gasteiger partial charge in [-0.25, -0.2) is 18.2 Å². The molecule has 2 aromatic carbocycles. The number of nitrogens with one attached hydrogen (secondary N) is 2. The molecule has 28 heavy (non-hydrogen) atoms. The topological polar surface area (TPSA) is 59.1 Å². The predicted octanol–water partition coefficient (Wildman–Crippen LogP) is 4.61. The molecule has 0 amide bonds. The van der Waals surface area contributed by atoms with Crippen molar-refractivity contribution in [1.29, 1.82) is 0 Å². The molecule has 0 saturated carbocycles. The molecule has 1 aromatic heterocycles. The summed E-state index contributed by atoms with van der Waals surface area (Å²) in [6.45, 7) is 2.32. The molecular weight excluding hydrogens is 369 g/mol. The van der Waals surface area contributed by atoms with E-state index in [1.807, 2.05) is 24.3 Å². The van der Waals surface area contributed by atoms with Crippen LogP contribution >= 0.6 is 0 Å². The van der Waals surface area contributed by atoms with E-state index in [9.17, 15) is 13.2 Å². The van der Waals surface area contributed by atoms with Crippen LogP contribution in [0, 0.1) is 24.4 Å². The van der Waals surface area contributed by atoms with E-state index in [1.54, 1.807) is 20.1 Å². The Kier molecular flexibility index (Phi) is 5.98. The van der Waals surface area contributed by atoms with Crippen molar-refractivity contribution in [2.75, 3.05) is 24.3 Å². The van der Waals surface area contributed by atoms with Gasteiger partial charge in [-0.3, -0.25) is 0 Å². The molecule has 0 fully saturated rings. The summed E-state index contributed by atoms with van der Waals surface area (Å²) in [7, 11) is 1.61. The van der Waals surface area contributed by atoms with Crippen LogP contribution < -0.4 is 15.4 Å². The summed E-state index contributed by atoms with van der Waals surface area (Å²) >= 11 is 0. The summed E-state index contributed by atoms with van der Waals surface area (Å²) in [4.78, 5) is 8.53. The minimum absolute atomic E-state index is 0.209. The molecule has 0 aliphatic heterocycles. The molecule has 2 N–H and O–H groups in total. The molecule has 0 bridgehead atoms. The zero-order valence-corrected chi connectivity index (χ0v) is 15.4. The second kappa shape index (κ2) is 8.60. The number of nitrogens with zero attached hydrogens (tertiary/aromatic N) is 2. The Morgan fingerprint density at radius 1 is 1.00 bits per heavy atom. The van der Waals surface area contributed by atoms with Gasteiger partial charge in [0.25, 0.3) is 0 Å². The van der Waals surface area contributed by atoms with E-state index in [2.05, 4.69) is 20.6 Å². The molecule has 3 rings (SSSR count). The summed E-state index contributed by atoms with van der Waals surface area (Å²) < 4.78 is 45.5. The highest BCUT2D eigenvalue weighted by atomic mass is 19.2. The molecule has 5 nitrogen and oxygen atoms in total. The zero-order chi connectivity index (χ0) is 20.1.